The van der Waals surface area contributed by atoms with Crippen molar-refractivity contribution in [2.24, 2.45) is 0 Å². The Hall–Kier alpha value is -0.970. The number of aliphatic hydroxyl groups is 1. The summed E-state index contributed by atoms with van der Waals surface area (Å²) in [7, 11) is 0. The predicted octanol–water partition coefficient (Wildman–Crippen LogP) is 4.52. The first-order valence-electron chi connectivity index (χ1n) is 7.39. The van der Waals surface area contributed by atoms with Gasteiger partial charge in [-0.1, -0.05) is 30.1 Å². The van der Waals surface area contributed by atoms with E-state index in [1.807, 2.05) is 20.8 Å². The van der Waals surface area contributed by atoms with E-state index in [0.29, 0.717) is 28.7 Å². The van der Waals surface area contributed by atoms with Gasteiger partial charge in [0.1, 0.15) is 5.72 Å². The first-order chi connectivity index (χ1) is 10.1. The van der Waals surface area contributed by atoms with Crippen LogP contribution in [0.15, 0.2) is 18.2 Å². The zero-order chi connectivity index (χ0) is 16.7. The van der Waals surface area contributed by atoms with Crippen LogP contribution in [0.1, 0.15) is 40.5 Å². The van der Waals surface area contributed by atoms with Crippen LogP contribution in [0.3, 0.4) is 0 Å². The van der Waals surface area contributed by atoms with Crippen LogP contribution < -0.4 is 4.90 Å². The summed E-state index contributed by atoms with van der Waals surface area (Å²) in [4.78, 5) is 16.2. The highest BCUT2D eigenvalue weighted by atomic mass is 35.5. The van der Waals surface area contributed by atoms with Crippen molar-refractivity contribution in [3.63, 3.8) is 0 Å². The Morgan fingerprint density at radius 1 is 1.23 bits per heavy atom. The summed E-state index contributed by atoms with van der Waals surface area (Å²) < 4.78 is 0. The number of rotatable bonds is 3. The first-order valence-corrected chi connectivity index (χ1v) is 8.15. The van der Waals surface area contributed by atoms with Crippen LogP contribution in [0, 0.1) is 0 Å². The number of hydrogen-bond acceptors (Lipinski definition) is 2. The van der Waals surface area contributed by atoms with Crippen LogP contribution in [0.2, 0.25) is 10.0 Å². The van der Waals surface area contributed by atoms with Gasteiger partial charge >= 0.3 is 6.03 Å². The van der Waals surface area contributed by atoms with Gasteiger partial charge in [0.05, 0.1) is 10.0 Å². The molecular formula is C16H22Cl2N2O2. The molecule has 1 aliphatic rings. The highest BCUT2D eigenvalue weighted by Crippen LogP contribution is 2.40. The Bertz CT molecular complexity index is 588. The van der Waals surface area contributed by atoms with Crippen molar-refractivity contribution in [1.82, 2.24) is 4.90 Å². The molecule has 1 N–H and O–H groups in total. The molecule has 1 unspecified atom stereocenters. The third-order valence-corrected chi connectivity index (χ3v) is 4.75. The molecule has 0 spiro atoms. The lowest BCUT2D eigenvalue weighted by molar-refractivity contribution is -0.0252. The van der Waals surface area contributed by atoms with Gasteiger partial charge in [-0.05, 0) is 45.4 Å². The van der Waals surface area contributed by atoms with Crippen LogP contribution in [-0.4, -0.2) is 33.8 Å². The number of halogens is 2. The maximum Gasteiger partial charge on any atom is 0.327 e. The van der Waals surface area contributed by atoms with E-state index in [0.717, 1.165) is 6.42 Å². The summed E-state index contributed by atoms with van der Waals surface area (Å²) in [5.74, 6) is 0. The zero-order valence-electron chi connectivity index (χ0n) is 13.4. The molecule has 0 saturated carbocycles. The molecule has 1 saturated heterocycles. The highest BCUT2D eigenvalue weighted by molar-refractivity contribution is 6.42. The number of amides is 2. The lowest BCUT2D eigenvalue weighted by atomic mass is 9.87. The Morgan fingerprint density at radius 2 is 1.86 bits per heavy atom. The maximum atomic E-state index is 13.0. The zero-order valence-corrected chi connectivity index (χ0v) is 14.9. The van der Waals surface area contributed by atoms with Gasteiger partial charge in [-0.3, -0.25) is 4.90 Å². The number of anilines is 1. The fourth-order valence-electron chi connectivity index (χ4n) is 3.21. The lowest BCUT2D eigenvalue weighted by Crippen LogP contribution is -2.68. The highest BCUT2D eigenvalue weighted by Gasteiger charge is 2.50. The van der Waals surface area contributed by atoms with Crippen LogP contribution in [0.25, 0.3) is 0 Å². The molecule has 1 aromatic carbocycles. The van der Waals surface area contributed by atoms with E-state index < -0.39 is 11.3 Å². The third-order valence-electron chi connectivity index (χ3n) is 4.01. The van der Waals surface area contributed by atoms with Crippen LogP contribution in [-0.2, 0) is 0 Å². The minimum absolute atomic E-state index is 0.221. The molecule has 1 aromatic rings. The number of nitrogens with zero attached hydrogens (tertiary/aromatic N) is 2. The lowest BCUT2D eigenvalue weighted by Gasteiger charge is -2.53. The van der Waals surface area contributed by atoms with Gasteiger partial charge in [-0.15, -0.1) is 0 Å². The Kier molecular flexibility index (Phi) is 4.67. The molecule has 0 aliphatic carbocycles. The van der Waals surface area contributed by atoms with Crippen molar-refractivity contribution >= 4 is 34.9 Å². The molecule has 122 valence electrons. The van der Waals surface area contributed by atoms with E-state index >= 15 is 0 Å². The smallest absolute Gasteiger partial charge is 0.327 e. The summed E-state index contributed by atoms with van der Waals surface area (Å²) in [6.07, 6.45) is 1.29. The van der Waals surface area contributed by atoms with Gasteiger partial charge in [0.15, 0.2) is 0 Å². The fourth-order valence-corrected chi connectivity index (χ4v) is 3.51. The minimum atomic E-state index is -1.29. The predicted molar refractivity (Wildman–Crippen MR) is 90.7 cm³/mol. The van der Waals surface area contributed by atoms with Gasteiger partial charge < -0.3 is 10.0 Å². The Balaban J connectivity index is 2.48. The van der Waals surface area contributed by atoms with E-state index in [-0.39, 0.29) is 6.03 Å². The molecule has 0 radical (unpaired) electrons. The molecule has 0 bridgehead atoms. The second kappa shape index (κ2) is 5.91. The molecule has 1 heterocycles. The molecule has 2 amide bonds. The number of benzene rings is 1. The Labute approximate surface area is 141 Å². The summed E-state index contributed by atoms with van der Waals surface area (Å²) in [6.45, 7) is 8.26. The van der Waals surface area contributed by atoms with Crippen molar-refractivity contribution in [3.8, 4) is 0 Å². The molecule has 2 rings (SSSR count). The molecular weight excluding hydrogens is 323 g/mol. The first kappa shape index (κ1) is 17.4. The van der Waals surface area contributed by atoms with E-state index in [2.05, 4.69) is 0 Å². The van der Waals surface area contributed by atoms with Crippen molar-refractivity contribution in [2.45, 2.75) is 51.8 Å². The van der Waals surface area contributed by atoms with Crippen molar-refractivity contribution in [1.29, 1.82) is 0 Å². The molecule has 6 heteroatoms. The average molecular weight is 345 g/mol. The van der Waals surface area contributed by atoms with E-state index in [4.69, 9.17) is 23.2 Å². The van der Waals surface area contributed by atoms with E-state index in [9.17, 15) is 9.90 Å². The second-order valence-corrected chi connectivity index (χ2v) is 7.39. The summed E-state index contributed by atoms with van der Waals surface area (Å²) in [5, 5.41) is 11.6. The summed E-state index contributed by atoms with van der Waals surface area (Å²) in [5.41, 5.74) is -1.16. The number of carbonyl (C=O) groups is 1. The molecule has 4 nitrogen and oxygen atoms in total. The molecule has 1 fully saturated rings. The minimum Gasteiger partial charge on any atom is -0.371 e. The van der Waals surface area contributed by atoms with Gasteiger partial charge in [0.2, 0.25) is 0 Å². The molecule has 22 heavy (non-hydrogen) atoms. The largest absolute Gasteiger partial charge is 0.371 e. The van der Waals surface area contributed by atoms with Gasteiger partial charge in [-0.25, -0.2) is 4.79 Å². The SMILES string of the molecule is CCCN1C(=O)N(c2ccc(Cl)c(Cl)c2)C(C)(O)CC1(C)C. The van der Waals surface area contributed by atoms with Gasteiger partial charge in [0, 0.05) is 24.2 Å². The van der Waals surface area contributed by atoms with E-state index in [1.165, 1.54) is 4.90 Å². The summed E-state index contributed by atoms with van der Waals surface area (Å²) in [6, 6.07) is 4.72. The van der Waals surface area contributed by atoms with E-state index in [1.54, 1.807) is 30.0 Å². The Morgan fingerprint density at radius 3 is 2.41 bits per heavy atom. The standard InChI is InChI=1S/C16H22Cl2N2O2/c1-5-8-19-14(21)20(16(4,22)10-15(19,2)3)11-6-7-12(17)13(18)9-11/h6-7,9,22H,5,8,10H2,1-4H3. The maximum absolute atomic E-state index is 13.0. The fraction of sp³-hybridized carbons (Fsp3) is 0.562. The van der Waals surface area contributed by atoms with Gasteiger partial charge in [-0.2, -0.15) is 0 Å². The van der Waals surface area contributed by atoms with Crippen LogP contribution in [0.4, 0.5) is 10.5 Å². The summed E-state index contributed by atoms with van der Waals surface area (Å²) >= 11 is 12.0. The van der Waals surface area contributed by atoms with Crippen molar-refractivity contribution in [2.75, 3.05) is 11.4 Å². The monoisotopic (exact) mass is 344 g/mol. The normalized spacial score (nSPS) is 24.8. The number of urea groups is 1. The van der Waals surface area contributed by atoms with Crippen molar-refractivity contribution in [3.05, 3.63) is 28.2 Å². The van der Waals surface area contributed by atoms with Crippen molar-refractivity contribution < 1.29 is 9.90 Å². The third kappa shape index (κ3) is 3.05. The molecule has 0 aromatic heterocycles. The second-order valence-electron chi connectivity index (χ2n) is 6.57. The number of carbonyl (C=O) groups excluding carboxylic acids is 1. The van der Waals surface area contributed by atoms with Gasteiger partial charge in [0.25, 0.3) is 0 Å². The van der Waals surface area contributed by atoms with Crippen LogP contribution in [0.5, 0.6) is 0 Å². The molecule has 1 atom stereocenters. The van der Waals surface area contributed by atoms with Crippen LogP contribution >= 0.6 is 23.2 Å². The quantitative estimate of drug-likeness (QED) is 0.875. The topological polar surface area (TPSA) is 43.8 Å². The average Bonchev–Trinajstić information content (AvgIpc) is 2.37. The number of hydrogen-bond donors (Lipinski definition) is 1. The molecule has 1 aliphatic heterocycles.